The Bertz CT molecular complexity index is 1120. The molecule has 1 aliphatic rings. The van der Waals surface area contributed by atoms with Crippen LogP contribution in [-0.2, 0) is 22.7 Å². The van der Waals surface area contributed by atoms with Crippen molar-refractivity contribution in [1.29, 1.82) is 0 Å². The van der Waals surface area contributed by atoms with Crippen LogP contribution in [0, 0.1) is 10.1 Å². The summed E-state index contributed by atoms with van der Waals surface area (Å²) in [5.41, 5.74) is 2.43. The van der Waals surface area contributed by atoms with Crippen molar-refractivity contribution in [3.63, 3.8) is 0 Å². The number of benzene rings is 2. The molecule has 1 fully saturated rings. The standard InChI is InChI=1S/C22H20N6O4/c29-20-21(30)27(15-17-4-8-19(9-5-17)28(31)32)13-12-26(20)14-16-2-6-18(7-3-16)25-22-23-10-1-11-24-22/h1-11H,12-15H2,(H,23,24,25). The minimum atomic E-state index is -0.575. The van der Waals surface area contributed by atoms with E-state index < -0.39 is 16.7 Å². The van der Waals surface area contributed by atoms with E-state index in [1.807, 2.05) is 24.3 Å². The summed E-state index contributed by atoms with van der Waals surface area (Å²) in [5, 5.41) is 13.9. The fourth-order valence-corrected chi connectivity index (χ4v) is 3.37. The fourth-order valence-electron chi connectivity index (χ4n) is 3.37. The summed E-state index contributed by atoms with van der Waals surface area (Å²) in [5.74, 6) is -0.641. The molecule has 0 atom stereocenters. The van der Waals surface area contributed by atoms with Gasteiger partial charge in [-0.3, -0.25) is 19.7 Å². The van der Waals surface area contributed by atoms with E-state index in [1.54, 1.807) is 30.6 Å². The van der Waals surface area contributed by atoms with Crippen LogP contribution in [0.15, 0.2) is 67.0 Å². The van der Waals surface area contributed by atoms with Gasteiger partial charge in [-0.25, -0.2) is 9.97 Å². The highest BCUT2D eigenvalue weighted by Gasteiger charge is 2.32. The second kappa shape index (κ2) is 9.21. The first kappa shape index (κ1) is 20.9. The number of piperazine rings is 1. The van der Waals surface area contributed by atoms with Gasteiger partial charge in [0.1, 0.15) is 0 Å². The summed E-state index contributed by atoms with van der Waals surface area (Å²) in [6.45, 7) is 1.37. The average Bonchev–Trinajstić information content (AvgIpc) is 2.81. The van der Waals surface area contributed by atoms with Gasteiger partial charge in [0.15, 0.2) is 0 Å². The van der Waals surface area contributed by atoms with Crippen LogP contribution in [0.5, 0.6) is 0 Å². The van der Waals surface area contributed by atoms with Crippen LogP contribution in [0.25, 0.3) is 0 Å². The Labute approximate surface area is 183 Å². The Kier molecular flexibility index (Phi) is 6.02. The van der Waals surface area contributed by atoms with E-state index in [0.29, 0.717) is 25.6 Å². The lowest BCUT2D eigenvalue weighted by Gasteiger charge is -2.33. The third kappa shape index (κ3) is 4.86. The lowest BCUT2D eigenvalue weighted by molar-refractivity contribution is -0.384. The second-order valence-corrected chi connectivity index (χ2v) is 7.27. The van der Waals surface area contributed by atoms with Crippen LogP contribution in [0.3, 0.4) is 0 Å². The van der Waals surface area contributed by atoms with Gasteiger partial charge in [0.05, 0.1) is 4.92 Å². The van der Waals surface area contributed by atoms with Gasteiger partial charge in [0.25, 0.3) is 5.69 Å². The predicted octanol–water partition coefficient (Wildman–Crippen LogP) is 2.50. The zero-order valence-electron chi connectivity index (χ0n) is 17.0. The lowest BCUT2D eigenvalue weighted by Crippen LogP contribution is -2.53. The summed E-state index contributed by atoms with van der Waals surface area (Å²) in [7, 11) is 0. The molecule has 0 aliphatic carbocycles. The van der Waals surface area contributed by atoms with Crippen molar-refractivity contribution in [2.45, 2.75) is 13.1 Å². The molecule has 1 aromatic heterocycles. The summed E-state index contributed by atoms with van der Waals surface area (Å²) >= 11 is 0. The molecule has 0 radical (unpaired) electrons. The van der Waals surface area contributed by atoms with Crippen molar-refractivity contribution in [1.82, 2.24) is 19.8 Å². The Morgan fingerprint density at radius 1 is 0.844 bits per heavy atom. The van der Waals surface area contributed by atoms with Crippen LogP contribution < -0.4 is 5.32 Å². The minimum Gasteiger partial charge on any atom is -0.328 e. The van der Waals surface area contributed by atoms with E-state index in [1.165, 1.54) is 21.9 Å². The zero-order valence-corrected chi connectivity index (χ0v) is 17.0. The molecule has 162 valence electrons. The highest BCUT2D eigenvalue weighted by atomic mass is 16.6. The zero-order chi connectivity index (χ0) is 22.5. The van der Waals surface area contributed by atoms with Gasteiger partial charge in [-0.2, -0.15) is 0 Å². The van der Waals surface area contributed by atoms with Crippen LogP contribution in [0.4, 0.5) is 17.3 Å². The predicted molar refractivity (Wildman–Crippen MR) is 116 cm³/mol. The lowest BCUT2D eigenvalue weighted by atomic mass is 10.1. The topological polar surface area (TPSA) is 122 Å². The van der Waals surface area contributed by atoms with Gasteiger partial charge in [-0.05, 0) is 29.3 Å². The van der Waals surface area contributed by atoms with Crippen molar-refractivity contribution in [2.75, 3.05) is 18.4 Å². The number of aromatic nitrogens is 2. The van der Waals surface area contributed by atoms with E-state index in [9.17, 15) is 19.7 Å². The number of carbonyl (C=O) groups is 2. The minimum absolute atomic E-state index is 0.0153. The molecular formula is C22H20N6O4. The van der Waals surface area contributed by atoms with Crippen molar-refractivity contribution in [3.05, 3.63) is 88.2 Å². The maximum absolute atomic E-state index is 12.6. The number of non-ortho nitro benzene ring substituents is 1. The molecule has 10 nitrogen and oxygen atoms in total. The maximum Gasteiger partial charge on any atom is 0.312 e. The number of rotatable bonds is 7. The Hall–Kier alpha value is -4.34. The molecule has 32 heavy (non-hydrogen) atoms. The molecule has 0 saturated carbocycles. The molecule has 0 spiro atoms. The van der Waals surface area contributed by atoms with Crippen LogP contribution in [0.1, 0.15) is 11.1 Å². The molecule has 1 aliphatic heterocycles. The number of nitro groups is 1. The summed E-state index contributed by atoms with van der Waals surface area (Å²) in [6.07, 6.45) is 3.29. The monoisotopic (exact) mass is 432 g/mol. The quantitative estimate of drug-likeness (QED) is 0.346. The number of anilines is 2. The van der Waals surface area contributed by atoms with Crippen molar-refractivity contribution < 1.29 is 14.5 Å². The first-order valence-corrected chi connectivity index (χ1v) is 9.94. The highest BCUT2D eigenvalue weighted by Crippen LogP contribution is 2.18. The largest absolute Gasteiger partial charge is 0.328 e. The van der Waals surface area contributed by atoms with E-state index in [-0.39, 0.29) is 12.2 Å². The third-order valence-corrected chi connectivity index (χ3v) is 5.07. The van der Waals surface area contributed by atoms with Crippen LogP contribution in [-0.4, -0.2) is 49.6 Å². The number of nitrogens with zero attached hydrogens (tertiary/aromatic N) is 5. The van der Waals surface area contributed by atoms with Gasteiger partial charge >= 0.3 is 11.8 Å². The van der Waals surface area contributed by atoms with Gasteiger partial charge in [0.2, 0.25) is 5.95 Å². The van der Waals surface area contributed by atoms with Gasteiger partial charge in [-0.1, -0.05) is 24.3 Å². The molecule has 2 aromatic carbocycles. The number of nitrogens with one attached hydrogen (secondary N) is 1. The first-order chi connectivity index (χ1) is 15.5. The fraction of sp³-hybridized carbons (Fsp3) is 0.182. The smallest absolute Gasteiger partial charge is 0.312 e. The number of nitro benzene ring substituents is 1. The summed E-state index contributed by atoms with van der Waals surface area (Å²) < 4.78 is 0. The number of carbonyl (C=O) groups excluding carboxylic acids is 2. The highest BCUT2D eigenvalue weighted by molar-refractivity contribution is 6.35. The molecule has 0 bridgehead atoms. The average molecular weight is 432 g/mol. The molecule has 2 amide bonds. The van der Waals surface area contributed by atoms with Gasteiger partial charge in [-0.15, -0.1) is 0 Å². The SMILES string of the molecule is O=C1C(=O)N(Cc2ccc([N+](=O)[O-])cc2)CCN1Cc1ccc(Nc2ncccn2)cc1. The normalized spacial score (nSPS) is 13.9. The molecule has 3 aromatic rings. The van der Waals surface area contributed by atoms with E-state index >= 15 is 0 Å². The number of amides is 2. The molecule has 1 N–H and O–H groups in total. The Balaban J connectivity index is 1.34. The van der Waals surface area contributed by atoms with Crippen LogP contribution in [0.2, 0.25) is 0 Å². The third-order valence-electron chi connectivity index (χ3n) is 5.07. The molecule has 1 saturated heterocycles. The Morgan fingerprint density at radius 3 is 1.84 bits per heavy atom. The van der Waals surface area contributed by atoms with Crippen molar-refractivity contribution in [2.24, 2.45) is 0 Å². The molecule has 10 heteroatoms. The van der Waals surface area contributed by atoms with Crippen molar-refractivity contribution >= 4 is 29.1 Å². The summed E-state index contributed by atoms with van der Waals surface area (Å²) in [6, 6.07) is 15.2. The second-order valence-electron chi connectivity index (χ2n) is 7.27. The van der Waals surface area contributed by atoms with E-state index in [2.05, 4.69) is 15.3 Å². The summed E-state index contributed by atoms with van der Waals surface area (Å²) in [4.78, 5) is 46.7. The van der Waals surface area contributed by atoms with Crippen LogP contribution >= 0.6 is 0 Å². The molecule has 4 rings (SSSR count). The molecule has 2 heterocycles. The van der Waals surface area contributed by atoms with E-state index in [0.717, 1.165) is 16.8 Å². The molecular weight excluding hydrogens is 412 g/mol. The molecule has 0 unspecified atom stereocenters. The number of hydrogen-bond acceptors (Lipinski definition) is 7. The van der Waals surface area contributed by atoms with E-state index in [4.69, 9.17) is 0 Å². The number of hydrogen-bond donors (Lipinski definition) is 1. The first-order valence-electron chi connectivity index (χ1n) is 9.94. The maximum atomic E-state index is 12.6. The van der Waals surface area contributed by atoms with Gasteiger partial charge in [0, 0.05) is 56.4 Å². The van der Waals surface area contributed by atoms with Crippen molar-refractivity contribution in [3.8, 4) is 0 Å². The Morgan fingerprint density at radius 2 is 1.34 bits per heavy atom. The van der Waals surface area contributed by atoms with Gasteiger partial charge < -0.3 is 15.1 Å².